The third kappa shape index (κ3) is 5.18. The smallest absolute Gasteiger partial charge is 0.234 e. The normalized spacial score (nSPS) is 15.2. The third-order valence-electron chi connectivity index (χ3n) is 4.85. The molecule has 0 saturated heterocycles. The van der Waals surface area contributed by atoms with Crippen molar-refractivity contribution < 1.29 is 14.3 Å². The summed E-state index contributed by atoms with van der Waals surface area (Å²) in [4.78, 5) is 12.6. The number of amides is 1. The number of hydrogen-bond donors (Lipinski definition) is 2. The van der Waals surface area contributed by atoms with Crippen molar-refractivity contribution in [1.29, 1.82) is 0 Å². The Labute approximate surface area is 171 Å². The highest BCUT2D eigenvalue weighted by atomic mass is 35.5. The summed E-state index contributed by atoms with van der Waals surface area (Å²) >= 11 is 5.93. The van der Waals surface area contributed by atoms with Gasteiger partial charge in [0.2, 0.25) is 5.91 Å². The topological polar surface area (TPSA) is 59.6 Å². The van der Waals surface area contributed by atoms with E-state index in [9.17, 15) is 4.79 Å². The van der Waals surface area contributed by atoms with Gasteiger partial charge in [0.25, 0.3) is 0 Å². The molecule has 0 spiro atoms. The van der Waals surface area contributed by atoms with Crippen molar-refractivity contribution in [3.05, 3.63) is 58.6 Å². The summed E-state index contributed by atoms with van der Waals surface area (Å²) in [5.74, 6) is 1.68. The standard InChI is InChI=1S/C22H27ClN2O3/c1-14(2)22(17-6-9-19-20(12-17)28-11-10-27-19)25-21(26)13-24-15(3)16-4-7-18(23)8-5-16/h4-9,12,14-15,22,24H,10-11,13H2,1-3H3,(H,25,26)/t15-,22+/m1/s1. The Kier molecular flexibility index (Phi) is 6.81. The molecule has 5 nitrogen and oxygen atoms in total. The first-order chi connectivity index (χ1) is 13.4. The van der Waals surface area contributed by atoms with Gasteiger partial charge in [0.05, 0.1) is 12.6 Å². The highest BCUT2D eigenvalue weighted by Gasteiger charge is 2.21. The zero-order valence-corrected chi connectivity index (χ0v) is 17.3. The molecule has 1 aliphatic rings. The zero-order chi connectivity index (χ0) is 20.1. The maximum absolute atomic E-state index is 12.6. The Morgan fingerprint density at radius 2 is 1.64 bits per heavy atom. The van der Waals surface area contributed by atoms with Crippen LogP contribution in [0.5, 0.6) is 11.5 Å². The van der Waals surface area contributed by atoms with Crippen LogP contribution in [0.3, 0.4) is 0 Å². The van der Waals surface area contributed by atoms with Crippen LogP contribution in [0, 0.1) is 5.92 Å². The summed E-state index contributed by atoms with van der Waals surface area (Å²) < 4.78 is 11.3. The molecule has 1 amide bonds. The van der Waals surface area contributed by atoms with E-state index in [2.05, 4.69) is 24.5 Å². The number of fused-ring (bicyclic) bond motifs is 1. The van der Waals surface area contributed by atoms with Crippen molar-refractivity contribution in [1.82, 2.24) is 10.6 Å². The number of ether oxygens (including phenoxy) is 2. The van der Waals surface area contributed by atoms with Gasteiger partial charge in [-0.25, -0.2) is 0 Å². The largest absolute Gasteiger partial charge is 0.486 e. The molecule has 1 aliphatic heterocycles. The fraction of sp³-hybridized carbons (Fsp3) is 0.409. The molecule has 0 radical (unpaired) electrons. The number of nitrogens with one attached hydrogen (secondary N) is 2. The van der Waals surface area contributed by atoms with Crippen molar-refractivity contribution in [2.45, 2.75) is 32.9 Å². The van der Waals surface area contributed by atoms with Crippen molar-refractivity contribution in [2.75, 3.05) is 19.8 Å². The van der Waals surface area contributed by atoms with Gasteiger partial charge in [-0.05, 0) is 48.2 Å². The maximum atomic E-state index is 12.6. The Bertz CT molecular complexity index is 808. The highest BCUT2D eigenvalue weighted by molar-refractivity contribution is 6.30. The molecule has 28 heavy (non-hydrogen) atoms. The van der Waals surface area contributed by atoms with Crippen LogP contribution in [0.1, 0.15) is 44.0 Å². The van der Waals surface area contributed by atoms with Crippen LogP contribution >= 0.6 is 11.6 Å². The molecule has 0 aromatic heterocycles. The van der Waals surface area contributed by atoms with Crippen LogP contribution in [-0.4, -0.2) is 25.7 Å². The lowest BCUT2D eigenvalue weighted by Crippen LogP contribution is -2.38. The van der Waals surface area contributed by atoms with E-state index in [0.29, 0.717) is 18.2 Å². The molecule has 6 heteroatoms. The van der Waals surface area contributed by atoms with Gasteiger partial charge >= 0.3 is 0 Å². The fourth-order valence-electron chi connectivity index (χ4n) is 3.23. The quantitative estimate of drug-likeness (QED) is 0.725. The van der Waals surface area contributed by atoms with Crippen LogP contribution in [0.2, 0.25) is 5.02 Å². The molecule has 0 aliphatic carbocycles. The van der Waals surface area contributed by atoms with Crippen molar-refractivity contribution >= 4 is 17.5 Å². The molecule has 3 rings (SSSR count). The lowest BCUT2D eigenvalue weighted by molar-refractivity contribution is -0.121. The molecular formula is C22H27ClN2O3. The van der Waals surface area contributed by atoms with Gasteiger partial charge < -0.3 is 20.1 Å². The lowest BCUT2D eigenvalue weighted by atomic mass is 9.95. The van der Waals surface area contributed by atoms with Gasteiger partial charge in [0, 0.05) is 11.1 Å². The van der Waals surface area contributed by atoms with Crippen molar-refractivity contribution in [2.24, 2.45) is 5.92 Å². The maximum Gasteiger partial charge on any atom is 0.234 e. The first-order valence-corrected chi connectivity index (χ1v) is 9.99. The SMILES string of the molecule is CC(C)[C@H](NC(=O)CN[C@H](C)c1ccc(Cl)cc1)c1ccc2c(c1)OCCO2. The van der Waals surface area contributed by atoms with Gasteiger partial charge in [-0.3, -0.25) is 4.79 Å². The van der Waals surface area contributed by atoms with Crippen LogP contribution in [-0.2, 0) is 4.79 Å². The van der Waals surface area contributed by atoms with Gasteiger partial charge in [-0.1, -0.05) is 43.6 Å². The van der Waals surface area contributed by atoms with Gasteiger partial charge in [0.15, 0.2) is 11.5 Å². The average molecular weight is 403 g/mol. The Hall–Kier alpha value is -2.24. The zero-order valence-electron chi connectivity index (χ0n) is 16.5. The second-order valence-electron chi connectivity index (χ2n) is 7.35. The Morgan fingerprint density at radius 3 is 2.32 bits per heavy atom. The Balaban J connectivity index is 1.60. The summed E-state index contributed by atoms with van der Waals surface area (Å²) in [6, 6.07) is 13.4. The molecule has 0 saturated carbocycles. The second kappa shape index (κ2) is 9.30. The minimum atomic E-state index is -0.101. The number of halogens is 1. The number of benzene rings is 2. The number of carbonyl (C=O) groups excluding carboxylic acids is 1. The van der Waals surface area contributed by atoms with E-state index in [4.69, 9.17) is 21.1 Å². The minimum absolute atomic E-state index is 0.0468. The first kappa shape index (κ1) is 20.5. The van der Waals surface area contributed by atoms with Crippen LogP contribution in [0.4, 0.5) is 0 Å². The van der Waals surface area contributed by atoms with E-state index >= 15 is 0 Å². The van der Waals surface area contributed by atoms with E-state index in [0.717, 1.165) is 22.6 Å². The van der Waals surface area contributed by atoms with E-state index in [1.165, 1.54) is 0 Å². The van der Waals surface area contributed by atoms with Gasteiger partial charge in [0.1, 0.15) is 13.2 Å². The highest BCUT2D eigenvalue weighted by Crippen LogP contribution is 2.34. The average Bonchev–Trinajstić information content (AvgIpc) is 2.70. The molecule has 0 fully saturated rings. The summed E-state index contributed by atoms with van der Waals surface area (Å²) in [5.41, 5.74) is 2.10. The summed E-state index contributed by atoms with van der Waals surface area (Å²) in [5, 5.41) is 7.10. The van der Waals surface area contributed by atoms with Gasteiger partial charge in [-0.2, -0.15) is 0 Å². The molecule has 150 valence electrons. The summed E-state index contributed by atoms with van der Waals surface area (Å²) in [6.07, 6.45) is 0. The fourth-order valence-corrected chi connectivity index (χ4v) is 3.35. The number of carbonyl (C=O) groups is 1. The Morgan fingerprint density at radius 1 is 1.00 bits per heavy atom. The molecule has 0 unspecified atom stereocenters. The number of hydrogen-bond acceptors (Lipinski definition) is 4. The van der Waals surface area contributed by atoms with Crippen LogP contribution < -0.4 is 20.1 Å². The van der Waals surface area contributed by atoms with Crippen LogP contribution in [0.15, 0.2) is 42.5 Å². The molecule has 2 aromatic rings. The lowest BCUT2D eigenvalue weighted by Gasteiger charge is -2.26. The summed E-state index contributed by atoms with van der Waals surface area (Å²) in [6.45, 7) is 7.54. The van der Waals surface area contributed by atoms with Crippen LogP contribution in [0.25, 0.3) is 0 Å². The molecule has 2 N–H and O–H groups in total. The third-order valence-corrected chi connectivity index (χ3v) is 5.10. The van der Waals surface area contributed by atoms with E-state index in [-0.39, 0.29) is 30.5 Å². The molecule has 2 atom stereocenters. The molecular weight excluding hydrogens is 376 g/mol. The van der Waals surface area contributed by atoms with E-state index in [1.807, 2.05) is 49.4 Å². The number of rotatable bonds is 7. The van der Waals surface area contributed by atoms with E-state index in [1.54, 1.807) is 0 Å². The van der Waals surface area contributed by atoms with Crippen molar-refractivity contribution in [3.63, 3.8) is 0 Å². The van der Waals surface area contributed by atoms with Crippen molar-refractivity contribution in [3.8, 4) is 11.5 Å². The molecule has 0 bridgehead atoms. The minimum Gasteiger partial charge on any atom is -0.486 e. The first-order valence-electron chi connectivity index (χ1n) is 9.62. The summed E-state index contributed by atoms with van der Waals surface area (Å²) in [7, 11) is 0. The van der Waals surface area contributed by atoms with E-state index < -0.39 is 0 Å². The molecule has 2 aromatic carbocycles. The van der Waals surface area contributed by atoms with Gasteiger partial charge in [-0.15, -0.1) is 0 Å². The monoisotopic (exact) mass is 402 g/mol. The second-order valence-corrected chi connectivity index (χ2v) is 7.78. The molecule has 1 heterocycles. The predicted molar refractivity (Wildman–Crippen MR) is 111 cm³/mol. The predicted octanol–water partition coefficient (Wildman–Crippen LogP) is 4.28.